The first kappa shape index (κ1) is 22.9. The standard InChI is InChI=1S/C27H41N3O3/c1-15-18-7-11-27(4)19-6-10-25(2)9-5-16(30-24(28)33)13-20(25)17(19)14-21(31)23(27)26(18,3)12-8-22(32)29-15/h14-16,18-20,23H,5-13H2,1-4H3,(H,29,32)(H3,28,30,33). The molecule has 0 bridgehead atoms. The van der Waals surface area contributed by atoms with Gasteiger partial charge in [-0.15, -0.1) is 0 Å². The molecule has 33 heavy (non-hydrogen) atoms. The van der Waals surface area contributed by atoms with Crippen LogP contribution in [0.5, 0.6) is 0 Å². The zero-order valence-electron chi connectivity index (χ0n) is 20.7. The van der Waals surface area contributed by atoms with E-state index in [9.17, 15) is 14.4 Å². The molecule has 6 nitrogen and oxygen atoms in total. The number of allylic oxidation sites excluding steroid dienone is 2. The van der Waals surface area contributed by atoms with Gasteiger partial charge in [0, 0.05) is 24.4 Å². The Morgan fingerprint density at radius 3 is 2.48 bits per heavy atom. The number of hydrogen-bond acceptors (Lipinski definition) is 3. The van der Waals surface area contributed by atoms with Crippen LogP contribution >= 0.6 is 0 Å². The van der Waals surface area contributed by atoms with E-state index in [4.69, 9.17) is 5.73 Å². The second-order valence-electron chi connectivity index (χ2n) is 12.8. The second kappa shape index (κ2) is 7.58. The molecule has 0 aromatic heterocycles. The maximum absolute atomic E-state index is 14.0. The van der Waals surface area contributed by atoms with Crippen molar-refractivity contribution in [3.8, 4) is 0 Å². The van der Waals surface area contributed by atoms with Crippen molar-refractivity contribution in [3.63, 3.8) is 0 Å². The number of ketones is 1. The lowest BCUT2D eigenvalue weighted by Gasteiger charge is -2.63. The summed E-state index contributed by atoms with van der Waals surface area (Å²) in [7, 11) is 0. The summed E-state index contributed by atoms with van der Waals surface area (Å²) in [5.74, 6) is 1.46. The molecule has 1 saturated heterocycles. The number of hydrogen-bond donors (Lipinski definition) is 3. The van der Waals surface area contributed by atoms with Crippen molar-refractivity contribution in [2.75, 3.05) is 0 Å². The van der Waals surface area contributed by atoms with Gasteiger partial charge in [-0.25, -0.2) is 4.79 Å². The molecule has 4 N–H and O–H groups in total. The van der Waals surface area contributed by atoms with Crippen LogP contribution in [0.3, 0.4) is 0 Å². The van der Waals surface area contributed by atoms with Crippen LogP contribution in [0.1, 0.15) is 85.5 Å². The van der Waals surface area contributed by atoms with Crippen LogP contribution < -0.4 is 16.4 Å². The maximum Gasteiger partial charge on any atom is 0.312 e. The van der Waals surface area contributed by atoms with Crippen LogP contribution in [-0.2, 0) is 9.59 Å². The predicted molar refractivity (Wildman–Crippen MR) is 127 cm³/mol. The fourth-order valence-corrected chi connectivity index (χ4v) is 9.47. The lowest BCUT2D eigenvalue weighted by molar-refractivity contribution is -0.150. The van der Waals surface area contributed by atoms with Gasteiger partial charge in [0.15, 0.2) is 5.78 Å². The maximum atomic E-state index is 14.0. The van der Waals surface area contributed by atoms with Gasteiger partial charge in [0.25, 0.3) is 0 Å². The van der Waals surface area contributed by atoms with E-state index in [0.717, 1.165) is 44.9 Å². The van der Waals surface area contributed by atoms with E-state index < -0.39 is 6.03 Å². The highest BCUT2D eigenvalue weighted by atomic mass is 16.2. The van der Waals surface area contributed by atoms with Gasteiger partial charge in [-0.05, 0) is 98.4 Å². The van der Waals surface area contributed by atoms with E-state index in [1.807, 2.05) is 6.08 Å². The SMILES string of the molecule is CC1NC(=O)CCC2(C)C1CCC1(C)C3CCC4(C)CCC(NC(N)=O)CC4C3=CC(=O)C12. The predicted octanol–water partition coefficient (Wildman–Crippen LogP) is 4.09. The monoisotopic (exact) mass is 455 g/mol. The van der Waals surface area contributed by atoms with E-state index in [1.54, 1.807) is 0 Å². The van der Waals surface area contributed by atoms with Crippen LogP contribution in [0.25, 0.3) is 0 Å². The number of nitrogens with two attached hydrogens (primary N) is 1. The van der Waals surface area contributed by atoms with Gasteiger partial charge < -0.3 is 16.4 Å². The van der Waals surface area contributed by atoms with Crippen molar-refractivity contribution >= 4 is 17.7 Å². The molecule has 9 unspecified atom stereocenters. The summed E-state index contributed by atoms with van der Waals surface area (Å²) >= 11 is 0. The number of nitrogens with one attached hydrogen (secondary N) is 2. The highest BCUT2D eigenvalue weighted by Gasteiger charge is 2.64. The van der Waals surface area contributed by atoms with Gasteiger partial charge in [-0.1, -0.05) is 26.3 Å². The van der Waals surface area contributed by atoms with Crippen LogP contribution in [-0.4, -0.2) is 29.8 Å². The van der Waals surface area contributed by atoms with Crippen LogP contribution in [0.4, 0.5) is 4.79 Å². The minimum absolute atomic E-state index is 0.0276. The molecule has 5 rings (SSSR count). The molecule has 5 aliphatic rings. The first-order valence-electron chi connectivity index (χ1n) is 13.1. The number of amides is 3. The van der Waals surface area contributed by atoms with E-state index >= 15 is 0 Å². The summed E-state index contributed by atoms with van der Waals surface area (Å²) in [5, 5.41) is 6.15. The summed E-state index contributed by atoms with van der Waals surface area (Å²) < 4.78 is 0. The van der Waals surface area contributed by atoms with E-state index in [0.29, 0.717) is 24.2 Å². The van der Waals surface area contributed by atoms with Crippen molar-refractivity contribution in [2.24, 2.45) is 45.7 Å². The van der Waals surface area contributed by atoms with E-state index in [2.05, 4.69) is 38.3 Å². The number of carbonyl (C=O) groups is 3. The van der Waals surface area contributed by atoms with E-state index in [-0.39, 0.29) is 45.9 Å². The molecular formula is C27H41N3O3. The number of fused-ring (bicyclic) bond motifs is 7. The third-order valence-corrected chi connectivity index (χ3v) is 11.0. The average Bonchev–Trinajstić information content (AvgIpc) is 2.83. The summed E-state index contributed by atoms with van der Waals surface area (Å²) in [5.41, 5.74) is 6.76. The Morgan fingerprint density at radius 1 is 1.03 bits per heavy atom. The number of urea groups is 1. The average molecular weight is 456 g/mol. The molecule has 1 heterocycles. The molecule has 0 aromatic rings. The molecule has 182 valence electrons. The molecule has 6 heteroatoms. The Labute approximate surface area is 197 Å². The molecule has 0 radical (unpaired) electrons. The third kappa shape index (κ3) is 3.37. The normalized spacial score (nSPS) is 49.3. The van der Waals surface area contributed by atoms with Crippen LogP contribution in [0, 0.1) is 39.9 Å². The van der Waals surface area contributed by atoms with Gasteiger partial charge >= 0.3 is 6.03 Å². The molecule has 0 spiro atoms. The van der Waals surface area contributed by atoms with Crippen molar-refractivity contribution in [1.82, 2.24) is 10.6 Å². The number of rotatable bonds is 1. The second-order valence-corrected chi connectivity index (χ2v) is 12.8. The Balaban J connectivity index is 1.53. The highest BCUT2D eigenvalue weighted by molar-refractivity contribution is 5.95. The first-order chi connectivity index (χ1) is 15.5. The fraction of sp³-hybridized carbons (Fsp3) is 0.815. The molecule has 3 saturated carbocycles. The molecule has 4 fully saturated rings. The number of primary amides is 1. The van der Waals surface area contributed by atoms with Gasteiger partial charge in [0.05, 0.1) is 0 Å². The summed E-state index contributed by atoms with van der Waals surface area (Å²) in [4.78, 5) is 37.9. The van der Waals surface area contributed by atoms with Crippen molar-refractivity contribution < 1.29 is 14.4 Å². The highest BCUT2D eigenvalue weighted by Crippen LogP contribution is 2.68. The Hall–Kier alpha value is -1.85. The lowest BCUT2D eigenvalue weighted by Crippen LogP contribution is -2.61. The minimum atomic E-state index is -0.450. The summed E-state index contributed by atoms with van der Waals surface area (Å²) in [6, 6.07) is -0.246. The molecular weight excluding hydrogens is 414 g/mol. The van der Waals surface area contributed by atoms with Crippen LogP contribution in [0.2, 0.25) is 0 Å². The summed E-state index contributed by atoms with van der Waals surface area (Å²) in [6.07, 6.45) is 10.7. The lowest BCUT2D eigenvalue weighted by atomic mass is 9.40. The van der Waals surface area contributed by atoms with Gasteiger partial charge in [-0.2, -0.15) is 0 Å². The van der Waals surface area contributed by atoms with Crippen molar-refractivity contribution in [3.05, 3.63) is 11.6 Å². The third-order valence-electron chi connectivity index (χ3n) is 11.0. The minimum Gasteiger partial charge on any atom is -0.353 e. The smallest absolute Gasteiger partial charge is 0.312 e. The zero-order chi connectivity index (χ0) is 23.8. The summed E-state index contributed by atoms with van der Waals surface area (Å²) in [6.45, 7) is 9.19. The zero-order valence-corrected chi connectivity index (χ0v) is 20.7. The Morgan fingerprint density at radius 2 is 1.76 bits per heavy atom. The molecule has 9 atom stereocenters. The quantitative estimate of drug-likeness (QED) is 0.555. The van der Waals surface area contributed by atoms with E-state index in [1.165, 1.54) is 12.0 Å². The number of carbonyl (C=O) groups excluding carboxylic acids is 3. The van der Waals surface area contributed by atoms with Crippen LogP contribution in [0.15, 0.2) is 11.6 Å². The topological polar surface area (TPSA) is 101 Å². The van der Waals surface area contributed by atoms with Crippen molar-refractivity contribution in [1.29, 1.82) is 0 Å². The Kier molecular flexibility index (Phi) is 5.26. The largest absolute Gasteiger partial charge is 0.353 e. The Bertz CT molecular complexity index is 914. The van der Waals surface area contributed by atoms with Crippen molar-refractivity contribution in [2.45, 2.75) is 97.6 Å². The van der Waals surface area contributed by atoms with Gasteiger partial charge in [-0.3, -0.25) is 9.59 Å². The molecule has 3 amide bonds. The fourth-order valence-electron chi connectivity index (χ4n) is 9.47. The first-order valence-corrected chi connectivity index (χ1v) is 13.1. The molecule has 1 aliphatic heterocycles. The molecule has 0 aromatic carbocycles. The van der Waals surface area contributed by atoms with Gasteiger partial charge in [0.1, 0.15) is 0 Å². The molecule has 4 aliphatic carbocycles. The van der Waals surface area contributed by atoms with Gasteiger partial charge in [0.2, 0.25) is 5.91 Å².